The van der Waals surface area contributed by atoms with Gasteiger partial charge in [0.05, 0.1) is 13.2 Å². The van der Waals surface area contributed by atoms with Gasteiger partial charge in [-0.15, -0.1) is 0 Å². The minimum atomic E-state index is -0.824. The SMILES string of the molecule is CCn1ncnc1CC(O)c1ccc(OC)c(F)c1. The van der Waals surface area contributed by atoms with E-state index in [2.05, 4.69) is 10.1 Å². The average molecular weight is 265 g/mol. The summed E-state index contributed by atoms with van der Waals surface area (Å²) in [6.07, 6.45) is 0.912. The molecule has 2 rings (SSSR count). The molecule has 19 heavy (non-hydrogen) atoms. The van der Waals surface area contributed by atoms with Gasteiger partial charge in [0.2, 0.25) is 0 Å². The minimum Gasteiger partial charge on any atom is -0.494 e. The fraction of sp³-hybridized carbons (Fsp3) is 0.385. The van der Waals surface area contributed by atoms with E-state index >= 15 is 0 Å². The predicted octanol–water partition coefficient (Wildman–Crippen LogP) is 1.72. The second-order valence-corrected chi connectivity index (χ2v) is 4.11. The number of ether oxygens (including phenoxy) is 1. The number of aromatic nitrogens is 3. The van der Waals surface area contributed by atoms with Crippen LogP contribution in [0.1, 0.15) is 24.4 Å². The third kappa shape index (κ3) is 2.90. The van der Waals surface area contributed by atoms with Gasteiger partial charge < -0.3 is 9.84 Å². The predicted molar refractivity (Wildman–Crippen MR) is 67.3 cm³/mol. The summed E-state index contributed by atoms with van der Waals surface area (Å²) < 4.78 is 20.1. The molecule has 1 N–H and O–H groups in total. The zero-order chi connectivity index (χ0) is 13.8. The Hall–Kier alpha value is -1.95. The first-order valence-electron chi connectivity index (χ1n) is 6.04. The van der Waals surface area contributed by atoms with Crippen LogP contribution in [0.3, 0.4) is 0 Å². The standard InChI is InChI=1S/C13H16FN3O2/c1-3-17-13(15-8-16-17)7-11(18)9-4-5-12(19-2)10(14)6-9/h4-6,8,11,18H,3,7H2,1-2H3. The van der Waals surface area contributed by atoms with Crippen LogP contribution in [0.2, 0.25) is 0 Å². The summed E-state index contributed by atoms with van der Waals surface area (Å²) in [4.78, 5) is 4.08. The number of methoxy groups -OCH3 is 1. The third-order valence-electron chi connectivity index (χ3n) is 2.93. The molecule has 0 spiro atoms. The van der Waals surface area contributed by atoms with Gasteiger partial charge in [0.25, 0.3) is 0 Å². The molecular weight excluding hydrogens is 249 g/mol. The van der Waals surface area contributed by atoms with Crippen LogP contribution in [0, 0.1) is 5.82 Å². The quantitative estimate of drug-likeness (QED) is 0.894. The van der Waals surface area contributed by atoms with Gasteiger partial charge in [-0.05, 0) is 24.6 Å². The molecular formula is C13H16FN3O2. The fourth-order valence-corrected chi connectivity index (χ4v) is 1.89. The van der Waals surface area contributed by atoms with Crippen molar-refractivity contribution in [3.63, 3.8) is 0 Å². The van der Waals surface area contributed by atoms with E-state index in [0.717, 1.165) is 0 Å². The van der Waals surface area contributed by atoms with Crippen molar-refractivity contribution in [2.24, 2.45) is 0 Å². The van der Waals surface area contributed by atoms with Crippen molar-refractivity contribution < 1.29 is 14.2 Å². The lowest BCUT2D eigenvalue weighted by molar-refractivity contribution is 0.173. The maximum atomic E-state index is 13.6. The number of benzene rings is 1. The van der Waals surface area contributed by atoms with Crippen LogP contribution in [-0.4, -0.2) is 27.0 Å². The monoisotopic (exact) mass is 265 g/mol. The number of hydrogen-bond donors (Lipinski definition) is 1. The van der Waals surface area contributed by atoms with Crippen LogP contribution in [0.5, 0.6) is 5.75 Å². The molecule has 0 aliphatic rings. The molecule has 5 nitrogen and oxygen atoms in total. The summed E-state index contributed by atoms with van der Waals surface area (Å²) in [5.74, 6) is 0.343. The van der Waals surface area contributed by atoms with E-state index in [0.29, 0.717) is 24.4 Å². The molecule has 0 fully saturated rings. The highest BCUT2D eigenvalue weighted by Crippen LogP contribution is 2.23. The molecule has 0 aliphatic carbocycles. The number of aliphatic hydroxyl groups excluding tert-OH is 1. The zero-order valence-electron chi connectivity index (χ0n) is 10.9. The lowest BCUT2D eigenvalue weighted by Crippen LogP contribution is -2.09. The van der Waals surface area contributed by atoms with Gasteiger partial charge in [-0.3, -0.25) is 4.68 Å². The summed E-state index contributed by atoms with van der Waals surface area (Å²) in [7, 11) is 1.40. The van der Waals surface area contributed by atoms with E-state index in [4.69, 9.17) is 4.74 Å². The Kier molecular flexibility index (Phi) is 4.11. The second-order valence-electron chi connectivity index (χ2n) is 4.11. The van der Waals surface area contributed by atoms with Gasteiger partial charge in [-0.2, -0.15) is 5.10 Å². The topological polar surface area (TPSA) is 60.2 Å². The molecule has 0 amide bonds. The highest BCUT2D eigenvalue weighted by Gasteiger charge is 2.14. The van der Waals surface area contributed by atoms with Crippen LogP contribution in [0.15, 0.2) is 24.5 Å². The Labute approximate surface area is 110 Å². The van der Waals surface area contributed by atoms with E-state index in [1.54, 1.807) is 10.7 Å². The maximum Gasteiger partial charge on any atom is 0.165 e. The molecule has 1 unspecified atom stereocenters. The van der Waals surface area contributed by atoms with Gasteiger partial charge in [0.1, 0.15) is 12.2 Å². The second kappa shape index (κ2) is 5.79. The number of nitrogens with zero attached hydrogens (tertiary/aromatic N) is 3. The molecule has 0 bridgehead atoms. The number of halogens is 1. The van der Waals surface area contributed by atoms with Crippen molar-refractivity contribution in [2.75, 3.05) is 7.11 Å². The normalized spacial score (nSPS) is 12.4. The Morgan fingerprint density at radius 2 is 2.26 bits per heavy atom. The van der Waals surface area contributed by atoms with E-state index in [1.165, 1.54) is 25.6 Å². The van der Waals surface area contributed by atoms with E-state index < -0.39 is 11.9 Å². The van der Waals surface area contributed by atoms with Crippen molar-refractivity contribution in [1.82, 2.24) is 14.8 Å². The average Bonchev–Trinajstić information content (AvgIpc) is 2.85. The Morgan fingerprint density at radius 3 is 2.89 bits per heavy atom. The van der Waals surface area contributed by atoms with E-state index in [1.807, 2.05) is 6.92 Å². The molecule has 1 aromatic heterocycles. The maximum absolute atomic E-state index is 13.6. The third-order valence-corrected chi connectivity index (χ3v) is 2.93. The van der Waals surface area contributed by atoms with Crippen LogP contribution >= 0.6 is 0 Å². The zero-order valence-corrected chi connectivity index (χ0v) is 10.9. The van der Waals surface area contributed by atoms with E-state index in [-0.39, 0.29) is 5.75 Å². The fourth-order valence-electron chi connectivity index (χ4n) is 1.89. The lowest BCUT2D eigenvalue weighted by atomic mass is 10.1. The lowest BCUT2D eigenvalue weighted by Gasteiger charge is -2.12. The summed E-state index contributed by atoms with van der Waals surface area (Å²) in [5, 5.41) is 14.1. The van der Waals surface area contributed by atoms with Gasteiger partial charge in [0.15, 0.2) is 11.6 Å². The van der Waals surface area contributed by atoms with Gasteiger partial charge in [-0.1, -0.05) is 6.07 Å². The van der Waals surface area contributed by atoms with Crippen molar-refractivity contribution >= 4 is 0 Å². The van der Waals surface area contributed by atoms with Gasteiger partial charge >= 0.3 is 0 Å². The first-order chi connectivity index (χ1) is 9.15. The highest BCUT2D eigenvalue weighted by molar-refractivity contribution is 5.30. The molecule has 1 aromatic carbocycles. The van der Waals surface area contributed by atoms with Crippen LogP contribution in [-0.2, 0) is 13.0 Å². The van der Waals surface area contributed by atoms with E-state index in [9.17, 15) is 9.50 Å². The number of aliphatic hydroxyl groups is 1. The Balaban J connectivity index is 2.16. The summed E-state index contributed by atoms with van der Waals surface area (Å²) >= 11 is 0. The largest absolute Gasteiger partial charge is 0.494 e. The summed E-state index contributed by atoms with van der Waals surface area (Å²) in [6.45, 7) is 2.62. The first kappa shape index (κ1) is 13.5. The van der Waals surface area contributed by atoms with Crippen molar-refractivity contribution in [2.45, 2.75) is 26.0 Å². The van der Waals surface area contributed by atoms with Crippen LogP contribution < -0.4 is 4.74 Å². The molecule has 102 valence electrons. The van der Waals surface area contributed by atoms with Crippen molar-refractivity contribution in [1.29, 1.82) is 0 Å². The molecule has 0 aliphatic heterocycles. The number of hydrogen-bond acceptors (Lipinski definition) is 4. The highest BCUT2D eigenvalue weighted by atomic mass is 19.1. The molecule has 0 radical (unpaired) electrons. The van der Waals surface area contributed by atoms with Gasteiger partial charge in [0, 0.05) is 13.0 Å². The van der Waals surface area contributed by atoms with Crippen LogP contribution in [0.4, 0.5) is 4.39 Å². The van der Waals surface area contributed by atoms with Crippen molar-refractivity contribution in [3.8, 4) is 5.75 Å². The molecule has 2 aromatic rings. The smallest absolute Gasteiger partial charge is 0.165 e. The first-order valence-corrected chi connectivity index (χ1v) is 6.04. The molecule has 0 saturated heterocycles. The summed E-state index contributed by atoms with van der Waals surface area (Å²) in [6, 6.07) is 4.41. The van der Waals surface area contributed by atoms with Crippen molar-refractivity contribution in [3.05, 3.63) is 41.7 Å². The number of aryl methyl sites for hydroxylation is 1. The molecule has 1 atom stereocenters. The van der Waals surface area contributed by atoms with Crippen LogP contribution in [0.25, 0.3) is 0 Å². The number of rotatable bonds is 5. The molecule has 0 saturated carbocycles. The Morgan fingerprint density at radius 1 is 1.47 bits per heavy atom. The molecule has 1 heterocycles. The minimum absolute atomic E-state index is 0.160. The Bertz CT molecular complexity index is 557. The van der Waals surface area contributed by atoms with Gasteiger partial charge in [-0.25, -0.2) is 9.37 Å². The summed E-state index contributed by atoms with van der Waals surface area (Å²) in [5.41, 5.74) is 0.490. The molecule has 6 heteroatoms.